The Morgan fingerprint density at radius 1 is 1.00 bits per heavy atom. The standard InChI is InChI=1S/C18H20O3/c1-18(2,3)14-9-11-15(12-10-14)21-16(17(19)20)13-7-5-4-6-8-13/h4-12,16H,1-3H3,(H,19,20). The van der Waals surface area contributed by atoms with E-state index in [2.05, 4.69) is 20.8 Å². The Balaban J connectivity index is 2.20. The number of benzene rings is 2. The molecule has 1 unspecified atom stereocenters. The second-order valence-electron chi connectivity index (χ2n) is 6.02. The molecule has 2 rings (SSSR count). The molecular weight excluding hydrogens is 264 g/mol. The summed E-state index contributed by atoms with van der Waals surface area (Å²) in [6.07, 6.45) is -0.994. The van der Waals surface area contributed by atoms with Crippen molar-refractivity contribution in [3.05, 3.63) is 65.7 Å². The Hall–Kier alpha value is -2.29. The monoisotopic (exact) mass is 284 g/mol. The summed E-state index contributed by atoms with van der Waals surface area (Å²) in [5.41, 5.74) is 1.87. The maximum atomic E-state index is 11.4. The highest BCUT2D eigenvalue weighted by molar-refractivity contribution is 5.74. The number of ether oxygens (including phenoxy) is 1. The van der Waals surface area contributed by atoms with Gasteiger partial charge in [-0.2, -0.15) is 0 Å². The molecule has 0 spiro atoms. The predicted molar refractivity (Wildman–Crippen MR) is 82.6 cm³/mol. The minimum absolute atomic E-state index is 0.0597. The Morgan fingerprint density at radius 2 is 1.57 bits per heavy atom. The van der Waals surface area contributed by atoms with Gasteiger partial charge in [0, 0.05) is 5.56 Å². The highest BCUT2D eigenvalue weighted by atomic mass is 16.5. The smallest absolute Gasteiger partial charge is 0.349 e. The molecule has 2 aromatic carbocycles. The Labute approximate surface area is 125 Å². The zero-order valence-electron chi connectivity index (χ0n) is 12.5. The highest BCUT2D eigenvalue weighted by Gasteiger charge is 2.22. The van der Waals surface area contributed by atoms with Crippen LogP contribution in [0.5, 0.6) is 5.75 Å². The lowest BCUT2D eigenvalue weighted by Gasteiger charge is -2.20. The largest absolute Gasteiger partial charge is 0.478 e. The summed E-state index contributed by atoms with van der Waals surface area (Å²) in [5, 5.41) is 9.35. The third-order valence-electron chi connectivity index (χ3n) is 3.30. The molecule has 3 heteroatoms. The van der Waals surface area contributed by atoms with E-state index in [1.807, 2.05) is 30.3 Å². The minimum Gasteiger partial charge on any atom is -0.478 e. The van der Waals surface area contributed by atoms with Crippen molar-refractivity contribution < 1.29 is 14.6 Å². The Kier molecular flexibility index (Phi) is 4.32. The number of carboxylic acid groups (broad SMARTS) is 1. The molecule has 0 saturated heterocycles. The summed E-state index contributed by atoms with van der Waals surface area (Å²) in [4.78, 5) is 11.4. The van der Waals surface area contributed by atoms with Crippen LogP contribution >= 0.6 is 0 Å². The lowest BCUT2D eigenvalue weighted by molar-refractivity contribution is -0.145. The molecule has 0 radical (unpaired) electrons. The van der Waals surface area contributed by atoms with Gasteiger partial charge in [0.05, 0.1) is 0 Å². The topological polar surface area (TPSA) is 46.5 Å². The molecule has 0 bridgehead atoms. The maximum Gasteiger partial charge on any atom is 0.349 e. The van der Waals surface area contributed by atoms with Crippen molar-refractivity contribution in [3.63, 3.8) is 0 Å². The van der Waals surface area contributed by atoms with Crippen molar-refractivity contribution in [2.45, 2.75) is 32.3 Å². The van der Waals surface area contributed by atoms with Crippen LogP contribution in [0, 0.1) is 0 Å². The molecule has 0 aliphatic carbocycles. The number of carboxylic acids is 1. The van der Waals surface area contributed by atoms with Crippen LogP contribution in [-0.2, 0) is 10.2 Å². The summed E-state index contributed by atoms with van der Waals surface area (Å²) in [5.74, 6) is -0.444. The highest BCUT2D eigenvalue weighted by Crippen LogP contribution is 2.27. The van der Waals surface area contributed by atoms with Crippen molar-refractivity contribution in [1.82, 2.24) is 0 Å². The summed E-state index contributed by atoms with van der Waals surface area (Å²) < 4.78 is 5.63. The second kappa shape index (κ2) is 6.00. The van der Waals surface area contributed by atoms with Gasteiger partial charge in [-0.25, -0.2) is 4.79 Å². The second-order valence-corrected chi connectivity index (χ2v) is 6.02. The molecule has 0 aliphatic rings. The van der Waals surface area contributed by atoms with Gasteiger partial charge in [-0.1, -0.05) is 63.2 Å². The Bertz CT molecular complexity index is 595. The van der Waals surface area contributed by atoms with Crippen LogP contribution in [0.15, 0.2) is 54.6 Å². The van der Waals surface area contributed by atoms with Gasteiger partial charge in [0.25, 0.3) is 0 Å². The van der Waals surface area contributed by atoms with Crippen molar-refractivity contribution >= 4 is 5.97 Å². The van der Waals surface area contributed by atoms with E-state index < -0.39 is 12.1 Å². The molecule has 0 aromatic heterocycles. The summed E-state index contributed by atoms with van der Waals surface area (Å²) in [7, 11) is 0. The zero-order chi connectivity index (χ0) is 15.5. The summed E-state index contributed by atoms with van der Waals surface area (Å²) >= 11 is 0. The maximum absolute atomic E-state index is 11.4. The third-order valence-corrected chi connectivity index (χ3v) is 3.30. The van der Waals surface area contributed by atoms with Gasteiger partial charge < -0.3 is 9.84 Å². The molecule has 1 N–H and O–H groups in total. The molecule has 0 amide bonds. The molecule has 21 heavy (non-hydrogen) atoms. The SMILES string of the molecule is CC(C)(C)c1ccc(OC(C(=O)O)c2ccccc2)cc1. The number of rotatable bonds is 4. The molecule has 2 aromatic rings. The molecule has 1 atom stereocenters. The third kappa shape index (κ3) is 3.85. The molecule has 0 aliphatic heterocycles. The van der Waals surface area contributed by atoms with Crippen molar-refractivity contribution in [3.8, 4) is 5.75 Å². The van der Waals surface area contributed by atoms with Crippen LogP contribution in [0.3, 0.4) is 0 Å². The van der Waals surface area contributed by atoms with Crippen LogP contribution < -0.4 is 4.74 Å². The van der Waals surface area contributed by atoms with Crippen LogP contribution in [0.4, 0.5) is 0 Å². The van der Waals surface area contributed by atoms with Gasteiger partial charge >= 0.3 is 5.97 Å². The van der Waals surface area contributed by atoms with E-state index in [-0.39, 0.29) is 5.41 Å². The fourth-order valence-electron chi connectivity index (χ4n) is 2.06. The number of aliphatic carboxylic acids is 1. The molecule has 0 fully saturated rings. The van der Waals surface area contributed by atoms with Crippen LogP contribution in [-0.4, -0.2) is 11.1 Å². The van der Waals surface area contributed by atoms with Crippen molar-refractivity contribution in [2.75, 3.05) is 0 Å². The molecular formula is C18H20O3. The fraction of sp³-hybridized carbons (Fsp3) is 0.278. The van der Waals surface area contributed by atoms with Gasteiger partial charge in [0.2, 0.25) is 6.10 Å². The lowest BCUT2D eigenvalue weighted by Crippen LogP contribution is -2.18. The summed E-state index contributed by atoms with van der Waals surface area (Å²) in [6, 6.07) is 16.5. The van der Waals surface area contributed by atoms with Crippen LogP contribution in [0.2, 0.25) is 0 Å². The first-order valence-electron chi connectivity index (χ1n) is 6.93. The van der Waals surface area contributed by atoms with E-state index in [1.165, 1.54) is 5.56 Å². The van der Waals surface area contributed by atoms with Gasteiger partial charge in [-0.3, -0.25) is 0 Å². The van der Waals surface area contributed by atoms with Crippen molar-refractivity contribution in [2.24, 2.45) is 0 Å². The minimum atomic E-state index is -0.999. The van der Waals surface area contributed by atoms with Crippen LogP contribution in [0.1, 0.15) is 38.0 Å². The van der Waals surface area contributed by atoms with E-state index in [0.717, 1.165) is 0 Å². The van der Waals surface area contributed by atoms with Gasteiger partial charge in [-0.15, -0.1) is 0 Å². The fourth-order valence-corrected chi connectivity index (χ4v) is 2.06. The van der Waals surface area contributed by atoms with Gasteiger partial charge in [-0.05, 0) is 23.1 Å². The zero-order valence-corrected chi connectivity index (χ0v) is 12.5. The quantitative estimate of drug-likeness (QED) is 0.915. The van der Waals surface area contributed by atoms with Gasteiger partial charge in [0.15, 0.2) is 0 Å². The van der Waals surface area contributed by atoms with E-state index in [4.69, 9.17) is 4.74 Å². The van der Waals surface area contributed by atoms with Crippen molar-refractivity contribution in [1.29, 1.82) is 0 Å². The molecule has 3 nitrogen and oxygen atoms in total. The predicted octanol–water partition coefficient (Wildman–Crippen LogP) is 4.19. The average molecular weight is 284 g/mol. The molecule has 0 saturated carbocycles. The normalized spacial score (nSPS) is 12.7. The van der Waals surface area contributed by atoms with E-state index in [1.54, 1.807) is 24.3 Å². The number of hydrogen-bond acceptors (Lipinski definition) is 2. The average Bonchev–Trinajstić information content (AvgIpc) is 2.45. The van der Waals surface area contributed by atoms with Crippen LogP contribution in [0.25, 0.3) is 0 Å². The lowest BCUT2D eigenvalue weighted by atomic mass is 9.87. The first kappa shape index (κ1) is 15.1. The number of hydrogen-bond donors (Lipinski definition) is 1. The first-order valence-corrected chi connectivity index (χ1v) is 6.93. The van der Waals surface area contributed by atoms with E-state index in [9.17, 15) is 9.90 Å². The van der Waals surface area contributed by atoms with E-state index >= 15 is 0 Å². The van der Waals surface area contributed by atoms with Gasteiger partial charge in [0.1, 0.15) is 5.75 Å². The van der Waals surface area contributed by atoms with E-state index in [0.29, 0.717) is 11.3 Å². The number of carbonyl (C=O) groups is 1. The Morgan fingerprint density at radius 3 is 2.05 bits per heavy atom. The molecule has 0 heterocycles. The first-order chi connectivity index (χ1) is 9.88. The molecule has 110 valence electrons. The summed E-state index contributed by atoms with van der Waals surface area (Å²) in [6.45, 7) is 6.40.